The lowest BCUT2D eigenvalue weighted by atomic mass is 10.1. The summed E-state index contributed by atoms with van der Waals surface area (Å²) < 4.78 is 5.32. The van der Waals surface area contributed by atoms with Crippen LogP contribution in [0.2, 0.25) is 0 Å². The molecule has 1 aliphatic rings. The molecule has 4 heteroatoms. The number of hydrogen-bond acceptors (Lipinski definition) is 4. The van der Waals surface area contributed by atoms with Crippen LogP contribution in [0.15, 0.2) is 48.7 Å². The van der Waals surface area contributed by atoms with Crippen molar-refractivity contribution < 1.29 is 4.74 Å². The van der Waals surface area contributed by atoms with Crippen molar-refractivity contribution in [3.63, 3.8) is 0 Å². The average Bonchev–Trinajstić information content (AvgIpc) is 3.02. The van der Waals surface area contributed by atoms with Crippen LogP contribution in [0.25, 0.3) is 10.9 Å². The Bertz CT molecular complexity index is 845. The highest BCUT2D eigenvalue weighted by atomic mass is 16.5. The SMILES string of the molecule is COc1ccc2nccc(Nc3ccc4c(c3)NCC4)c2c1. The number of pyridine rings is 1. The summed E-state index contributed by atoms with van der Waals surface area (Å²) in [4.78, 5) is 4.41. The van der Waals surface area contributed by atoms with Gasteiger partial charge in [-0.25, -0.2) is 0 Å². The fourth-order valence-electron chi connectivity index (χ4n) is 2.89. The molecule has 1 aromatic heterocycles. The molecule has 2 N–H and O–H groups in total. The maximum absolute atomic E-state index is 5.32. The lowest BCUT2D eigenvalue weighted by Crippen LogP contribution is -1.95. The zero-order chi connectivity index (χ0) is 14.9. The van der Waals surface area contributed by atoms with Gasteiger partial charge in [-0.3, -0.25) is 4.98 Å². The molecule has 0 amide bonds. The minimum Gasteiger partial charge on any atom is -0.497 e. The van der Waals surface area contributed by atoms with Gasteiger partial charge in [-0.05, 0) is 48.4 Å². The van der Waals surface area contributed by atoms with Crippen LogP contribution in [0.4, 0.5) is 17.1 Å². The fourth-order valence-corrected chi connectivity index (χ4v) is 2.89. The summed E-state index contributed by atoms with van der Waals surface area (Å²) in [5.41, 5.74) is 5.66. The molecule has 0 saturated carbocycles. The number of aromatic nitrogens is 1. The number of fused-ring (bicyclic) bond motifs is 2. The molecule has 0 spiro atoms. The van der Waals surface area contributed by atoms with Gasteiger partial charge in [-0.1, -0.05) is 6.07 Å². The Morgan fingerprint density at radius 2 is 2.09 bits per heavy atom. The van der Waals surface area contributed by atoms with Gasteiger partial charge in [0.2, 0.25) is 0 Å². The van der Waals surface area contributed by atoms with Crippen LogP contribution >= 0.6 is 0 Å². The van der Waals surface area contributed by atoms with Crippen LogP contribution in [0.3, 0.4) is 0 Å². The number of anilines is 3. The predicted molar refractivity (Wildman–Crippen MR) is 90.2 cm³/mol. The molecule has 0 aliphatic carbocycles. The molecule has 110 valence electrons. The van der Waals surface area contributed by atoms with Crippen molar-refractivity contribution >= 4 is 28.0 Å². The lowest BCUT2D eigenvalue weighted by Gasteiger charge is -2.11. The second kappa shape index (κ2) is 5.22. The summed E-state index contributed by atoms with van der Waals surface area (Å²) in [7, 11) is 1.68. The number of rotatable bonds is 3. The number of nitrogens with zero attached hydrogens (tertiary/aromatic N) is 1. The summed E-state index contributed by atoms with van der Waals surface area (Å²) in [5, 5.41) is 7.95. The molecule has 0 fully saturated rings. The third-order valence-electron chi connectivity index (χ3n) is 4.05. The molecule has 2 aromatic carbocycles. The molecular formula is C18H17N3O. The van der Waals surface area contributed by atoms with Gasteiger partial charge in [0.05, 0.1) is 12.6 Å². The van der Waals surface area contributed by atoms with Crippen molar-refractivity contribution in [2.24, 2.45) is 0 Å². The number of benzene rings is 2. The van der Waals surface area contributed by atoms with Crippen molar-refractivity contribution in [2.45, 2.75) is 6.42 Å². The van der Waals surface area contributed by atoms with Gasteiger partial charge < -0.3 is 15.4 Å². The highest BCUT2D eigenvalue weighted by Crippen LogP contribution is 2.31. The summed E-state index contributed by atoms with van der Waals surface area (Å²) in [6, 6.07) is 14.4. The molecule has 4 rings (SSSR count). The summed E-state index contributed by atoms with van der Waals surface area (Å²) in [6.45, 7) is 1.02. The van der Waals surface area contributed by atoms with Crippen LogP contribution in [-0.2, 0) is 6.42 Å². The Morgan fingerprint density at radius 3 is 3.00 bits per heavy atom. The molecule has 2 heterocycles. The van der Waals surface area contributed by atoms with Crippen LogP contribution in [-0.4, -0.2) is 18.6 Å². The molecule has 1 aliphatic heterocycles. The maximum atomic E-state index is 5.32. The Morgan fingerprint density at radius 1 is 1.14 bits per heavy atom. The quantitative estimate of drug-likeness (QED) is 0.767. The van der Waals surface area contributed by atoms with Gasteiger partial charge in [0.15, 0.2) is 0 Å². The average molecular weight is 291 g/mol. The maximum Gasteiger partial charge on any atom is 0.119 e. The summed E-state index contributed by atoms with van der Waals surface area (Å²) in [6.07, 6.45) is 2.92. The van der Waals surface area contributed by atoms with E-state index in [2.05, 4.69) is 33.8 Å². The van der Waals surface area contributed by atoms with Crippen LogP contribution in [0.1, 0.15) is 5.56 Å². The molecular weight excluding hydrogens is 274 g/mol. The number of nitrogens with one attached hydrogen (secondary N) is 2. The number of ether oxygens (including phenoxy) is 1. The van der Waals surface area contributed by atoms with E-state index in [1.54, 1.807) is 7.11 Å². The van der Waals surface area contributed by atoms with Crippen LogP contribution in [0, 0.1) is 0 Å². The van der Waals surface area contributed by atoms with Crippen molar-refractivity contribution in [3.05, 3.63) is 54.2 Å². The minimum atomic E-state index is 0.833. The second-order valence-corrected chi connectivity index (χ2v) is 5.42. The zero-order valence-corrected chi connectivity index (χ0v) is 12.4. The van der Waals surface area contributed by atoms with Crippen molar-refractivity contribution in [3.8, 4) is 5.75 Å². The van der Waals surface area contributed by atoms with E-state index < -0.39 is 0 Å². The van der Waals surface area contributed by atoms with E-state index in [0.29, 0.717) is 0 Å². The molecule has 4 nitrogen and oxygen atoms in total. The predicted octanol–water partition coefficient (Wildman–Crippen LogP) is 3.96. The zero-order valence-electron chi connectivity index (χ0n) is 12.4. The Balaban J connectivity index is 1.74. The van der Waals surface area contributed by atoms with Crippen LogP contribution in [0.5, 0.6) is 5.75 Å². The second-order valence-electron chi connectivity index (χ2n) is 5.42. The molecule has 22 heavy (non-hydrogen) atoms. The Labute approximate surface area is 129 Å². The minimum absolute atomic E-state index is 0.833. The Hall–Kier alpha value is -2.75. The topological polar surface area (TPSA) is 46.2 Å². The van der Waals surface area contributed by atoms with E-state index in [1.807, 2.05) is 30.5 Å². The summed E-state index contributed by atoms with van der Waals surface area (Å²) in [5.74, 6) is 0.833. The van der Waals surface area contributed by atoms with Crippen LogP contribution < -0.4 is 15.4 Å². The van der Waals surface area contributed by atoms with E-state index in [9.17, 15) is 0 Å². The highest BCUT2D eigenvalue weighted by molar-refractivity contribution is 5.94. The van der Waals surface area contributed by atoms with E-state index in [4.69, 9.17) is 4.74 Å². The standard InChI is InChI=1S/C18H17N3O/c1-22-14-4-5-16-15(11-14)17(7-9-19-16)21-13-3-2-12-6-8-20-18(12)10-13/h2-5,7,9-11,20H,6,8H2,1H3,(H,19,21). The normalized spacial score (nSPS) is 12.8. The van der Waals surface area contributed by atoms with Gasteiger partial charge in [0.25, 0.3) is 0 Å². The van der Waals surface area contributed by atoms with E-state index in [-0.39, 0.29) is 0 Å². The van der Waals surface area contributed by atoms with E-state index in [1.165, 1.54) is 11.3 Å². The Kier molecular flexibility index (Phi) is 3.07. The summed E-state index contributed by atoms with van der Waals surface area (Å²) >= 11 is 0. The smallest absolute Gasteiger partial charge is 0.119 e. The van der Waals surface area contributed by atoms with Gasteiger partial charge in [0.1, 0.15) is 5.75 Å². The largest absolute Gasteiger partial charge is 0.497 e. The van der Waals surface area contributed by atoms with Gasteiger partial charge in [-0.15, -0.1) is 0 Å². The highest BCUT2D eigenvalue weighted by Gasteiger charge is 2.10. The molecule has 0 saturated heterocycles. The first kappa shape index (κ1) is 13.0. The lowest BCUT2D eigenvalue weighted by molar-refractivity contribution is 0.415. The van der Waals surface area contributed by atoms with Gasteiger partial charge in [0, 0.05) is 35.2 Å². The first-order chi connectivity index (χ1) is 10.8. The van der Waals surface area contributed by atoms with E-state index in [0.717, 1.165) is 41.0 Å². The molecule has 0 bridgehead atoms. The van der Waals surface area contributed by atoms with E-state index >= 15 is 0 Å². The van der Waals surface area contributed by atoms with Crippen molar-refractivity contribution in [1.82, 2.24) is 4.98 Å². The van der Waals surface area contributed by atoms with Gasteiger partial charge in [-0.2, -0.15) is 0 Å². The molecule has 0 radical (unpaired) electrons. The monoisotopic (exact) mass is 291 g/mol. The third-order valence-corrected chi connectivity index (χ3v) is 4.05. The first-order valence-corrected chi connectivity index (χ1v) is 7.40. The number of hydrogen-bond donors (Lipinski definition) is 2. The first-order valence-electron chi connectivity index (χ1n) is 7.40. The number of methoxy groups -OCH3 is 1. The third kappa shape index (κ3) is 2.22. The van der Waals surface area contributed by atoms with Crippen molar-refractivity contribution in [1.29, 1.82) is 0 Å². The fraction of sp³-hybridized carbons (Fsp3) is 0.167. The van der Waals surface area contributed by atoms with Crippen molar-refractivity contribution in [2.75, 3.05) is 24.3 Å². The molecule has 0 unspecified atom stereocenters. The van der Waals surface area contributed by atoms with Gasteiger partial charge >= 0.3 is 0 Å². The molecule has 3 aromatic rings. The molecule has 0 atom stereocenters.